The molecule has 2 aromatic rings. The number of carboxylic acids is 1. The van der Waals surface area contributed by atoms with E-state index in [1.807, 2.05) is 30.3 Å². The molecule has 0 bridgehead atoms. The van der Waals surface area contributed by atoms with Gasteiger partial charge >= 0.3 is 5.97 Å². The molecule has 126 valence electrons. The minimum atomic E-state index is -1.25. The van der Waals surface area contributed by atoms with Crippen LogP contribution < -0.4 is 5.32 Å². The van der Waals surface area contributed by atoms with E-state index in [-0.39, 0.29) is 5.91 Å². The maximum absolute atomic E-state index is 12.2. The number of rotatable bonds is 7. The number of thioether (sulfide) groups is 1. The fourth-order valence-corrected chi connectivity index (χ4v) is 2.91. The number of hydrogen-bond acceptors (Lipinski definition) is 3. The number of carboxylic acid groups (broad SMARTS) is 1. The van der Waals surface area contributed by atoms with Gasteiger partial charge in [0.2, 0.25) is 0 Å². The zero-order valence-corrected chi connectivity index (χ0v) is 14.6. The number of carbonyl (C=O) groups excluding carboxylic acids is 1. The molecule has 0 saturated carbocycles. The highest BCUT2D eigenvalue weighted by molar-refractivity contribution is 7.98. The molecule has 5 heteroatoms. The van der Waals surface area contributed by atoms with E-state index in [1.54, 1.807) is 30.8 Å². The van der Waals surface area contributed by atoms with Crippen molar-refractivity contribution in [2.45, 2.75) is 36.5 Å². The van der Waals surface area contributed by atoms with Crippen LogP contribution in [-0.4, -0.2) is 22.5 Å². The van der Waals surface area contributed by atoms with E-state index in [4.69, 9.17) is 0 Å². The smallest absolute Gasteiger partial charge is 0.329 e. The molecule has 0 saturated heterocycles. The first-order valence-corrected chi connectivity index (χ1v) is 8.76. The number of nitrogens with one attached hydrogen (secondary N) is 1. The van der Waals surface area contributed by atoms with Crippen molar-refractivity contribution < 1.29 is 14.7 Å². The second-order valence-corrected chi connectivity index (χ2v) is 6.79. The first-order chi connectivity index (χ1) is 11.4. The van der Waals surface area contributed by atoms with Crippen LogP contribution in [0.15, 0.2) is 59.5 Å². The molecule has 1 atom stereocenters. The molecule has 2 aromatic carbocycles. The molecule has 4 nitrogen and oxygen atoms in total. The van der Waals surface area contributed by atoms with Gasteiger partial charge < -0.3 is 10.4 Å². The molecule has 2 N–H and O–H groups in total. The van der Waals surface area contributed by atoms with Gasteiger partial charge in [-0.15, -0.1) is 11.8 Å². The Kier molecular flexibility index (Phi) is 6.04. The molecule has 0 aromatic heterocycles. The first-order valence-electron chi connectivity index (χ1n) is 7.77. The van der Waals surface area contributed by atoms with E-state index in [0.29, 0.717) is 12.0 Å². The number of hydrogen-bond donors (Lipinski definition) is 2. The van der Waals surface area contributed by atoms with Crippen molar-refractivity contribution in [3.05, 3.63) is 65.7 Å². The Bertz CT molecular complexity index is 700. The number of benzene rings is 2. The summed E-state index contributed by atoms with van der Waals surface area (Å²) in [6.45, 7) is 3.25. The van der Waals surface area contributed by atoms with Crippen LogP contribution in [0.1, 0.15) is 36.2 Å². The second kappa shape index (κ2) is 8.02. The fourth-order valence-electron chi connectivity index (χ4n) is 2.06. The number of amides is 1. The Morgan fingerprint density at radius 2 is 1.71 bits per heavy atom. The van der Waals surface area contributed by atoms with Crippen LogP contribution in [0.4, 0.5) is 0 Å². The summed E-state index contributed by atoms with van der Waals surface area (Å²) in [5.74, 6) is -0.547. The highest BCUT2D eigenvalue weighted by atomic mass is 32.2. The van der Waals surface area contributed by atoms with E-state index in [2.05, 4.69) is 17.4 Å². The Hall–Kier alpha value is -2.27. The van der Waals surface area contributed by atoms with Gasteiger partial charge in [0.25, 0.3) is 5.91 Å². The Labute approximate surface area is 146 Å². The Balaban J connectivity index is 1.98. The third kappa shape index (κ3) is 4.61. The number of aliphatic carboxylic acids is 1. The summed E-state index contributed by atoms with van der Waals surface area (Å²) in [6.07, 6.45) is 0.319. The zero-order valence-electron chi connectivity index (χ0n) is 13.8. The van der Waals surface area contributed by atoms with E-state index in [9.17, 15) is 14.7 Å². The van der Waals surface area contributed by atoms with Gasteiger partial charge in [-0.05, 0) is 43.2 Å². The summed E-state index contributed by atoms with van der Waals surface area (Å²) in [6, 6.07) is 17.4. The standard InChI is InChI=1S/C19H21NO3S/c1-3-19(2,18(22)23)20-17(21)15-9-11-16(12-10-15)24-13-14-7-5-4-6-8-14/h4-12H,3,13H2,1-2H3,(H,20,21)(H,22,23). The summed E-state index contributed by atoms with van der Waals surface area (Å²) < 4.78 is 0. The third-order valence-corrected chi connectivity index (χ3v) is 5.02. The molecule has 24 heavy (non-hydrogen) atoms. The first kappa shape index (κ1) is 18.1. The van der Waals surface area contributed by atoms with E-state index in [1.165, 1.54) is 12.5 Å². The summed E-state index contributed by atoms with van der Waals surface area (Å²) in [5, 5.41) is 11.8. The molecule has 2 rings (SSSR count). The van der Waals surface area contributed by atoms with Gasteiger partial charge in [0.1, 0.15) is 5.54 Å². The van der Waals surface area contributed by atoms with Gasteiger partial charge in [-0.25, -0.2) is 4.79 Å². The summed E-state index contributed by atoms with van der Waals surface area (Å²) >= 11 is 1.69. The van der Waals surface area contributed by atoms with E-state index < -0.39 is 11.5 Å². The molecule has 1 unspecified atom stereocenters. The largest absolute Gasteiger partial charge is 0.480 e. The monoisotopic (exact) mass is 343 g/mol. The molecule has 0 radical (unpaired) electrons. The molecular weight excluding hydrogens is 322 g/mol. The average Bonchev–Trinajstić information content (AvgIpc) is 2.61. The highest BCUT2D eigenvalue weighted by Gasteiger charge is 2.32. The lowest BCUT2D eigenvalue weighted by Crippen LogP contribution is -2.51. The van der Waals surface area contributed by atoms with Crippen molar-refractivity contribution >= 4 is 23.6 Å². The van der Waals surface area contributed by atoms with Crippen molar-refractivity contribution in [1.29, 1.82) is 0 Å². The molecule has 0 aliphatic heterocycles. The Morgan fingerprint density at radius 1 is 1.08 bits per heavy atom. The molecular formula is C19H21NO3S. The average molecular weight is 343 g/mol. The van der Waals surface area contributed by atoms with Gasteiger partial charge in [-0.3, -0.25) is 4.79 Å². The Morgan fingerprint density at radius 3 is 2.25 bits per heavy atom. The zero-order chi connectivity index (χ0) is 17.6. The van der Waals surface area contributed by atoms with Gasteiger partial charge in [0, 0.05) is 16.2 Å². The third-order valence-electron chi connectivity index (χ3n) is 3.93. The predicted octanol–water partition coefficient (Wildman–Crippen LogP) is 3.96. The van der Waals surface area contributed by atoms with Crippen LogP contribution in [0, 0.1) is 0 Å². The highest BCUT2D eigenvalue weighted by Crippen LogP contribution is 2.23. The van der Waals surface area contributed by atoms with Crippen LogP contribution in [0.2, 0.25) is 0 Å². The molecule has 0 heterocycles. The van der Waals surface area contributed by atoms with E-state index in [0.717, 1.165) is 10.6 Å². The number of carbonyl (C=O) groups is 2. The summed E-state index contributed by atoms with van der Waals surface area (Å²) in [7, 11) is 0. The fraction of sp³-hybridized carbons (Fsp3) is 0.263. The van der Waals surface area contributed by atoms with Crippen molar-refractivity contribution in [2.75, 3.05) is 0 Å². The maximum atomic E-state index is 12.2. The van der Waals surface area contributed by atoms with Crippen LogP contribution in [0.5, 0.6) is 0 Å². The maximum Gasteiger partial charge on any atom is 0.329 e. The van der Waals surface area contributed by atoms with Crippen LogP contribution in [-0.2, 0) is 10.5 Å². The molecule has 1 amide bonds. The minimum Gasteiger partial charge on any atom is -0.480 e. The topological polar surface area (TPSA) is 66.4 Å². The van der Waals surface area contributed by atoms with Gasteiger partial charge in [0.05, 0.1) is 0 Å². The second-order valence-electron chi connectivity index (χ2n) is 5.74. The van der Waals surface area contributed by atoms with E-state index >= 15 is 0 Å². The lowest BCUT2D eigenvalue weighted by atomic mass is 9.98. The SMILES string of the molecule is CCC(C)(NC(=O)c1ccc(SCc2ccccc2)cc1)C(=O)O. The quantitative estimate of drug-likeness (QED) is 0.747. The van der Waals surface area contributed by atoms with Crippen LogP contribution in [0.25, 0.3) is 0 Å². The van der Waals surface area contributed by atoms with Crippen LogP contribution >= 0.6 is 11.8 Å². The van der Waals surface area contributed by atoms with Crippen LogP contribution in [0.3, 0.4) is 0 Å². The predicted molar refractivity (Wildman–Crippen MR) is 96.2 cm³/mol. The molecule has 0 aliphatic rings. The van der Waals surface area contributed by atoms with Crippen molar-refractivity contribution in [3.63, 3.8) is 0 Å². The van der Waals surface area contributed by atoms with Crippen molar-refractivity contribution in [3.8, 4) is 0 Å². The van der Waals surface area contributed by atoms with Gasteiger partial charge in [-0.2, -0.15) is 0 Å². The summed E-state index contributed by atoms with van der Waals surface area (Å²) in [5.41, 5.74) is 0.446. The lowest BCUT2D eigenvalue weighted by molar-refractivity contribution is -0.143. The minimum absolute atomic E-state index is 0.319. The molecule has 0 fully saturated rings. The molecule has 0 aliphatic carbocycles. The van der Waals surface area contributed by atoms with Crippen molar-refractivity contribution in [2.24, 2.45) is 0 Å². The summed E-state index contributed by atoms with van der Waals surface area (Å²) in [4.78, 5) is 24.6. The normalized spacial score (nSPS) is 13.1. The lowest BCUT2D eigenvalue weighted by Gasteiger charge is -2.24. The molecule has 0 spiro atoms. The van der Waals surface area contributed by atoms with Gasteiger partial charge in [0.15, 0.2) is 0 Å². The van der Waals surface area contributed by atoms with Crippen molar-refractivity contribution in [1.82, 2.24) is 5.32 Å². The van der Waals surface area contributed by atoms with Gasteiger partial charge in [-0.1, -0.05) is 37.3 Å².